The summed E-state index contributed by atoms with van der Waals surface area (Å²) in [4.78, 5) is 8.62. The number of anilines is 2. The van der Waals surface area contributed by atoms with Crippen LogP contribution in [0.1, 0.15) is 31.9 Å². The summed E-state index contributed by atoms with van der Waals surface area (Å²) in [5.74, 6) is 1.45. The zero-order valence-corrected chi connectivity index (χ0v) is 12.5. The van der Waals surface area contributed by atoms with Crippen molar-refractivity contribution >= 4 is 23.4 Å². The van der Waals surface area contributed by atoms with Crippen molar-refractivity contribution in [3.63, 3.8) is 0 Å². The molecule has 0 fully saturated rings. The summed E-state index contributed by atoms with van der Waals surface area (Å²) in [6.45, 7) is 5.05. The molecule has 0 saturated carbocycles. The number of nitrogens with zero attached hydrogens (tertiary/aromatic N) is 2. The SMILES string of the molecule is CCCNc1nccc(NC(C)c2cccc(Cl)c2)n1. The van der Waals surface area contributed by atoms with Gasteiger partial charge in [0.05, 0.1) is 0 Å². The predicted octanol–water partition coefficient (Wildman–Crippen LogP) is 4.13. The highest BCUT2D eigenvalue weighted by Crippen LogP contribution is 2.21. The van der Waals surface area contributed by atoms with Crippen LogP contribution in [0.25, 0.3) is 0 Å². The van der Waals surface area contributed by atoms with Crippen molar-refractivity contribution in [2.24, 2.45) is 0 Å². The fourth-order valence-electron chi connectivity index (χ4n) is 1.84. The number of rotatable bonds is 6. The topological polar surface area (TPSA) is 49.8 Å². The van der Waals surface area contributed by atoms with E-state index in [1.54, 1.807) is 6.20 Å². The van der Waals surface area contributed by atoms with E-state index in [0.717, 1.165) is 29.4 Å². The van der Waals surface area contributed by atoms with Crippen LogP contribution >= 0.6 is 11.6 Å². The molecule has 1 aromatic carbocycles. The second kappa shape index (κ2) is 7.10. The Labute approximate surface area is 124 Å². The summed E-state index contributed by atoms with van der Waals surface area (Å²) in [6, 6.07) is 9.80. The van der Waals surface area contributed by atoms with Crippen LogP contribution in [0.3, 0.4) is 0 Å². The van der Waals surface area contributed by atoms with E-state index in [1.165, 1.54) is 0 Å². The smallest absolute Gasteiger partial charge is 0.224 e. The van der Waals surface area contributed by atoms with Gasteiger partial charge >= 0.3 is 0 Å². The lowest BCUT2D eigenvalue weighted by Gasteiger charge is -2.15. The Balaban J connectivity index is 2.05. The van der Waals surface area contributed by atoms with Gasteiger partial charge in [-0.15, -0.1) is 0 Å². The van der Waals surface area contributed by atoms with Crippen LogP contribution in [-0.2, 0) is 0 Å². The molecule has 4 nitrogen and oxygen atoms in total. The second-order valence-electron chi connectivity index (χ2n) is 4.61. The molecule has 20 heavy (non-hydrogen) atoms. The molecule has 2 aromatic rings. The zero-order chi connectivity index (χ0) is 14.4. The maximum atomic E-state index is 6.01. The molecule has 5 heteroatoms. The number of halogens is 1. The minimum absolute atomic E-state index is 0.127. The van der Waals surface area contributed by atoms with Crippen molar-refractivity contribution in [1.82, 2.24) is 9.97 Å². The number of benzene rings is 1. The summed E-state index contributed by atoms with van der Waals surface area (Å²) >= 11 is 6.01. The summed E-state index contributed by atoms with van der Waals surface area (Å²) < 4.78 is 0. The third-order valence-electron chi connectivity index (χ3n) is 2.90. The summed E-state index contributed by atoms with van der Waals surface area (Å²) in [6.07, 6.45) is 2.79. The van der Waals surface area contributed by atoms with Gasteiger partial charge in [0.1, 0.15) is 5.82 Å². The lowest BCUT2D eigenvalue weighted by molar-refractivity contribution is 0.870. The summed E-state index contributed by atoms with van der Waals surface area (Å²) in [5.41, 5.74) is 1.12. The average molecular weight is 291 g/mol. The van der Waals surface area contributed by atoms with Gasteiger partial charge in [0.25, 0.3) is 0 Å². The van der Waals surface area contributed by atoms with Crippen LogP contribution < -0.4 is 10.6 Å². The van der Waals surface area contributed by atoms with Gasteiger partial charge in [0.15, 0.2) is 0 Å². The van der Waals surface area contributed by atoms with Crippen molar-refractivity contribution < 1.29 is 0 Å². The Hall–Kier alpha value is -1.81. The van der Waals surface area contributed by atoms with E-state index in [4.69, 9.17) is 11.6 Å². The molecule has 0 radical (unpaired) electrons. The van der Waals surface area contributed by atoms with Crippen molar-refractivity contribution in [2.75, 3.05) is 17.2 Å². The van der Waals surface area contributed by atoms with E-state index in [-0.39, 0.29) is 6.04 Å². The first-order valence-corrected chi connectivity index (χ1v) is 7.15. The van der Waals surface area contributed by atoms with Crippen molar-refractivity contribution in [1.29, 1.82) is 0 Å². The van der Waals surface area contributed by atoms with E-state index in [0.29, 0.717) is 5.95 Å². The standard InChI is InChI=1S/C15H19ClN4/c1-3-8-17-15-18-9-7-14(20-15)19-11(2)12-5-4-6-13(16)10-12/h4-7,9-11H,3,8H2,1-2H3,(H2,17,18,19,20). The Bertz CT molecular complexity index is 559. The normalized spacial score (nSPS) is 11.9. The van der Waals surface area contributed by atoms with Gasteiger partial charge < -0.3 is 10.6 Å². The molecule has 1 aromatic heterocycles. The molecule has 0 aliphatic rings. The molecule has 0 amide bonds. The molecule has 0 spiro atoms. The molecule has 1 atom stereocenters. The third kappa shape index (κ3) is 4.10. The Morgan fingerprint density at radius 2 is 2.15 bits per heavy atom. The molecule has 1 heterocycles. The van der Waals surface area contributed by atoms with Gasteiger partial charge in [-0.2, -0.15) is 4.98 Å². The largest absolute Gasteiger partial charge is 0.363 e. The van der Waals surface area contributed by atoms with Crippen LogP contribution in [0.4, 0.5) is 11.8 Å². The number of hydrogen-bond acceptors (Lipinski definition) is 4. The fourth-order valence-corrected chi connectivity index (χ4v) is 2.04. The Morgan fingerprint density at radius 3 is 2.90 bits per heavy atom. The van der Waals surface area contributed by atoms with Gasteiger partial charge in [-0.05, 0) is 37.1 Å². The van der Waals surface area contributed by atoms with Gasteiger partial charge in [0, 0.05) is 23.8 Å². The van der Waals surface area contributed by atoms with Crippen LogP contribution in [0, 0.1) is 0 Å². The minimum Gasteiger partial charge on any atom is -0.363 e. The maximum absolute atomic E-state index is 6.01. The minimum atomic E-state index is 0.127. The van der Waals surface area contributed by atoms with E-state index in [1.807, 2.05) is 30.3 Å². The van der Waals surface area contributed by atoms with Crippen LogP contribution in [0.5, 0.6) is 0 Å². The molecule has 1 unspecified atom stereocenters. The van der Waals surface area contributed by atoms with Crippen molar-refractivity contribution in [2.45, 2.75) is 26.3 Å². The number of hydrogen-bond donors (Lipinski definition) is 2. The Kier molecular flexibility index (Phi) is 5.18. The van der Waals surface area contributed by atoms with Crippen LogP contribution in [-0.4, -0.2) is 16.5 Å². The monoisotopic (exact) mass is 290 g/mol. The second-order valence-corrected chi connectivity index (χ2v) is 5.05. The van der Waals surface area contributed by atoms with Gasteiger partial charge in [-0.25, -0.2) is 4.98 Å². The number of aromatic nitrogens is 2. The van der Waals surface area contributed by atoms with Gasteiger partial charge in [0.2, 0.25) is 5.95 Å². The lowest BCUT2D eigenvalue weighted by atomic mass is 10.1. The first-order chi connectivity index (χ1) is 9.69. The highest BCUT2D eigenvalue weighted by Gasteiger charge is 2.07. The van der Waals surface area contributed by atoms with Crippen LogP contribution in [0.15, 0.2) is 36.5 Å². The summed E-state index contributed by atoms with van der Waals surface area (Å²) in [5, 5.41) is 7.27. The molecule has 0 bridgehead atoms. The molecular formula is C15H19ClN4. The molecule has 0 aliphatic heterocycles. The highest BCUT2D eigenvalue weighted by atomic mass is 35.5. The molecule has 2 N–H and O–H groups in total. The molecule has 0 aliphatic carbocycles. The highest BCUT2D eigenvalue weighted by molar-refractivity contribution is 6.30. The van der Waals surface area contributed by atoms with Gasteiger partial charge in [-0.1, -0.05) is 30.7 Å². The van der Waals surface area contributed by atoms with Gasteiger partial charge in [-0.3, -0.25) is 0 Å². The fraction of sp³-hybridized carbons (Fsp3) is 0.333. The van der Waals surface area contributed by atoms with Crippen molar-refractivity contribution in [3.8, 4) is 0 Å². The first kappa shape index (κ1) is 14.6. The molecule has 106 valence electrons. The average Bonchev–Trinajstić information content (AvgIpc) is 2.45. The molecule has 2 rings (SSSR count). The van der Waals surface area contributed by atoms with E-state index < -0.39 is 0 Å². The molecule has 0 saturated heterocycles. The third-order valence-corrected chi connectivity index (χ3v) is 3.14. The zero-order valence-electron chi connectivity index (χ0n) is 11.7. The quantitative estimate of drug-likeness (QED) is 0.840. The lowest BCUT2D eigenvalue weighted by Crippen LogP contribution is -2.10. The first-order valence-electron chi connectivity index (χ1n) is 6.78. The van der Waals surface area contributed by atoms with E-state index >= 15 is 0 Å². The predicted molar refractivity (Wildman–Crippen MR) is 84.3 cm³/mol. The summed E-state index contributed by atoms with van der Waals surface area (Å²) in [7, 11) is 0. The van der Waals surface area contributed by atoms with Crippen LogP contribution in [0.2, 0.25) is 5.02 Å². The maximum Gasteiger partial charge on any atom is 0.224 e. The van der Waals surface area contributed by atoms with Crippen molar-refractivity contribution in [3.05, 3.63) is 47.1 Å². The van der Waals surface area contributed by atoms with E-state index in [2.05, 4.69) is 34.4 Å². The number of nitrogens with one attached hydrogen (secondary N) is 2. The Morgan fingerprint density at radius 1 is 1.30 bits per heavy atom. The molecular weight excluding hydrogens is 272 g/mol. The van der Waals surface area contributed by atoms with E-state index in [9.17, 15) is 0 Å².